The minimum atomic E-state index is 0.925. The fourth-order valence-corrected chi connectivity index (χ4v) is 2.95. The van der Waals surface area contributed by atoms with Gasteiger partial charge in [0, 0.05) is 44.3 Å². The van der Waals surface area contributed by atoms with Crippen LogP contribution < -0.4 is 15.0 Å². The largest absolute Gasteiger partial charge is 0.497 e. The summed E-state index contributed by atoms with van der Waals surface area (Å²) >= 11 is 0. The lowest BCUT2D eigenvalue weighted by molar-refractivity contribution is 0.415. The predicted molar refractivity (Wildman–Crippen MR) is 79.3 cm³/mol. The van der Waals surface area contributed by atoms with E-state index < -0.39 is 0 Å². The van der Waals surface area contributed by atoms with Crippen LogP contribution in [-0.2, 0) is 7.05 Å². The number of nitrogens with one attached hydrogen (secondary N) is 1. The molecule has 4 nitrogen and oxygen atoms in total. The number of piperazine rings is 1. The molecule has 0 amide bonds. The third-order valence-electron chi connectivity index (χ3n) is 4.10. The molecule has 2 aromatic rings. The maximum absolute atomic E-state index is 5.37. The van der Waals surface area contributed by atoms with Crippen molar-refractivity contribution in [2.75, 3.05) is 38.2 Å². The van der Waals surface area contributed by atoms with Crippen LogP contribution in [-0.4, -0.2) is 37.9 Å². The number of ether oxygens (including phenoxy) is 1. The second-order valence-corrected chi connectivity index (χ2v) is 5.11. The second-order valence-electron chi connectivity index (χ2n) is 5.11. The highest BCUT2D eigenvalue weighted by molar-refractivity contribution is 5.96. The highest BCUT2D eigenvalue weighted by Crippen LogP contribution is 2.35. The second kappa shape index (κ2) is 4.78. The standard InChI is InChI=1S/C15H21N3O/c1-11-15(18-8-6-16-7-9-18)13-10-12(19-3)4-5-14(13)17(11)2/h4-5,10,16H,6-9H2,1-3H3. The highest BCUT2D eigenvalue weighted by atomic mass is 16.5. The van der Waals surface area contributed by atoms with E-state index in [-0.39, 0.29) is 0 Å². The molecule has 1 aromatic carbocycles. The van der Waals surface area contributed by atoms with Crippen LogP contribution in [0.4, 0.5) is 5.69 Å². The van der Waals surface area contributed by atoms with Crippen molar-refractivity contribution in [3.05, 3.63) is 23.9 Å². The Labute approximate surface area is 114 Å². The van der Waals surface area contributed by atoms with E-state index in [1.165, 1.54) is 22.3 Å². The Hall–Kier alpha value is -1.68. The van der Waals surface area contributed by atoms with E-state index >= 15 is 0 Å². The first-order valence-electron chi connectivity index (χ1n) is 6.81. The molecular formula is C15H21N3O. The molecule has 1 saturated heterocycles. The number of anilines is 1. The van der Waals surface area contributed by atoms with Gasteiger partial charge >= 0.3 is 0 Å². The normalized spacial score (nSPS) is 16.1. The Balaban J connectivity index is 2.17. The zero-order valence-corrected chi connectivity index (χ0v) is 11.9. The maximum atomic E-state index is 5.37. The summed E-state index contributed by atoms with van der Waals surface area (Å²) < 4.78 is 7.64. The summed E-state index contributed by atoms with van der Waals surface area (Å²) in [6.07, 6.45) is 0. The molecule has 0 bridgehead atoms. The fourth-order valence-electron chi connectivity index (χ4n) is 2.95. The lowest BCUT2D eigenvalue weighted by Crippen LogP contribution is -2.43. The van der Waals surface area contributed by atoms with Crippen molar-refractivity contribution in [2.45, 2.75) is 6.92 Å². The van der Waals surface area contributed by atoms with Crippen molar-refractivity contribution in [2.24, 2.45) is 7.05 Å². The molecule has 1 aliphatic rings. The molecule has 1 N–H and O–H groups in total. The zero-order valence-electron chi connectivity index (χ0n) is 11.9. The van der Waals surface area contributed by atoms with Crippen LogP contribution in [0, 0.1) is 6.92 Å². The Morgan fingerprint density at radius 3 is 2.63 bits per heavy atom. The molecule has 1 aliphatic heterocycles. The zero-order chi connectivity index (χ0) is 13.4. The van der Waals surface area contributed by atoms with Gasteiger partial charge in [-0.05, 0) is 25.1 Å². The summed E-state index contributed by atoms with van der Waals surface area (Å²) in [4.78, 5) is 2.48. The smallest absolute Gasteiger partial charge is 0.119 e. The Kier molecular flexibility index (Phi) is 3.11. The average molecular weight is 259 g/mol. The van der Waals surface area contributed by atoms with Gasteiger partial charge in [0.15, 0.2) is 0 Å². The number of fused-ring (bicyclic) bond motifs is 1. The molecule has 1 aromatic heterocycles. The molecule has 19 heavy (non-hydrogen) atoms. The van der Waals surface area contributed by atoms with Gasteiger partial charge < -0.3 is 19.5 Å². The van der Waals surface area contributed by atoms with Gasteiger partial charge in [0.2, 0.25) is 0 Å². The van der Waals surface area contributed by atoms with Gasteiger partial charge in [0.1, 0.15) is 5.75 Å². The minimum Gasteiger partial charge on any atom is -0.497 e. The number of benzene rings is 1. The quantitative estimate of drug-likeness (QED) is 0.893. The van der Waals surface area contributed by atoms with E-state index in [9.17, 15) is 0 Å². The van der Waals surface area contributed by atoms with Crippen molar-refractivity contribution >= 4 is 16.6 Å². The first kappa shape index (κ1) is 12.4. The van der Waals surface area contributed by atoms with Gasteiger partial charge in [-0.1, -0.05) is 0 Å². The summed E-state index contributed by atoms with van der Waals surface area (Å²) in [7, 11) is 3.86. The molecule has 0 radical (unpaired) electrons. The lowest BCUT2D eigenvalue weighted by Gasteiger charge is -2.29. The third kappa shape index (κ3) is 1.96. The molecule has 0 unspecified atom stereocenters. The fraction of sp³-hybridized carbons (Fsp3) is 0.467. The van der Waals surface area contributed by atoms with Crippen LogP contribution in [0.2, 0.25) is 0 Å². The molecule has 2 heterocycles. The lowest BCUT2D eigenvalue weighted by atomic mass is 10.2. The van der Waals surface area contributed by atoms with Crippen LogP contribution in [0.25, 0.3) is 10.9 Å². The molecule has 3 rings (SSSR count). The number of aromatic nitrogens is 1. The van der Waals surface area contributed by atoms with Gasteiger partial charge in [-0.2, -0.15) is 0 Å². The molecule has 1 fully saturated rings. The molecule has 4 heteroatoms. The van der Waals surface area contributed by atoms with Gasteiger partial charge in [0.25, 0.3) is 0 Å². The van der Waals surface area contributed by atoms with Gasteiger partial charge in [-0.3, -0.25) is 0 Å². The van der Waals surface area contributed by atoms with Gasteiger partial charge in [0.05, 0.1) is 18.3 Å². The number of rotatable bonds is 2. The molecule has 0 saturated carbocycles. The molecule has 0 atom stereocenters. The van der Waals surface area contributed by atoms with Crippen molar-refractivity contribution < 1.29 is 4.74 Å². The first-order chi connectivity index (χ1) is 9.22. The number of aryl methyl sites for hydroxylation is 1. The average Bonchev–Trinajstić information content (AvgIpc) is 2.71. The van der Waals surface area contributed by atoms with E-state index in [4.69, 9.17) is 4.74 Å². The van der Waals surface area contributed by atoms with Crippen LogP contribution >= 0.6 is 0 Å². The number of hydrogen-bond donors (Lipinski definition) is 1. The molecule has 102 valence electrons. The maximum Gasteiger partial charge on any atom is 0.119 e. The topological polar surface area (TPSA) is 29.4 Å². The summed E-state index contributed by atoms with van der Waals surface area (Å²) in [6, 6.07) is 6.33. The van der Waals surface area contributed by atoms with E-state index in [0.717, 1.165) is 31.9 Å². The Morgan fingerprint density at radius 2 is 1.95 bits per heavy atom. The molecule has 0 spiro atoms. The van der Waals surface area contributed by atoms with Crippen LogP contribution in [0.1, 0.15) is 5.69 Å². The van der Waals surface area contributed by atoms with Crippen LogP contribution in [0.15, 0.2) is 18.2 Å². The van der Waals surface area contributed by atoms with Crippen molar-refractivity contribution in [1.82, 2.24) is 9.88 Å². The first-order valence-corrected chi connectivity index (χ1v) is 6.81. The van der Waals surface area contributed by atoms with Crippen molar-refractivity contribution in [1.29, 1.82) is 0 Å². The van der Waals surface area contributed by atoms with Gasteiger partial charge in [-0.15, -0.1) is 0 Å². The SMILES string of the molecule is COc1ccc2c(c1)c(N1CCNCC1)c(C)n2C. The van der Waals surface area contributed by atoms with Crippen LogP contribution in [0.3, 0.4) is 0 Å². The molecular weight excluding hydrogens is 238 g/mol. The summed E-state index contributed by atoms with van der Waals surface area (Å²) in [5, 5.41) is 4.70. The van der Waals surface area contributed by atoms with Crippen LogP contribution in [0.5, 0.6) is 5.75 Å². The predicted octanol–water partition coefficient (Wildman–Crippen LogP) is 1.90. The van der Waals surface area contributed by atoms with E-state index in [2.05, 4.69) is 40.9 Å². The highest BCUT2D eigenvalue weighted by Gasteiger charge is 2.19. The van der Waals surface area contributed by atoms with E-state index in [1.807, 2.05) is 6.07 Å². The molecule has 0 aliphatic carbocycles. The van der Waals surface area contributed by atoms with Crippen molar-refractivity contribution in [3.8, 4) is 5.75 Å². The Bertz CT molecular complexity index is 597. The van der Waals surface area contributed by atoms with Crippen molar-refractivity contribution in [3.63, 3.8) is 0 Å². The monoisotopic (exact) mass is 259 g/mol. The Morgan fingerprint density at radius 1 is 1.21 bits per heavy atom. The van der Waals surface area contributed by atoms with Gasteiger partial charge in [-0.25, -0.2) is 0 Å². The number of methoxy groups -OCH3 is 1. The third-order valence-corrected chi connectivity index (χ3v) is 4.10. The minimum absolute atomic E-state index is 0.925. The number of nitrogens with zero attached hydrogens (tertiary/aromatic N) is 2. The summed E-state index contributed by atoms with van der Waals surface area (Å²) in [6.45, 7) is 6.44. The summed E-state index contributed by atoms with van der Waals surface area (Å²) in [5.74, 6) is 0.925. The summed E-state index contributed by atoms with van der Waals surface area (Å²) in [5.41, 5.74) is 3.95. The van der Waals surface area contributed by atoms with E-state index in [0.29, 0.717) is 0 Å². The van der Waals surface area contributed by atoms with E-state index in [1.54, 1.807) is 7.11 Å². The number of hydrogen-bond acceptors (Lipinski definition) is 3.